The molecule has 0 N–H and O–H groups in total. The van der Waals surface area contributed by atoms with Crippen molar-refractivity contribution in [2.24, 2.45) is 0 Å². The summed E-state index contributed by atoms with van der Waals surface area (Å²) in [6.45, 7) is 17.3. The molecular formula is C83H64N2O. The van der Waals surface area contributed by atoms with Crippen LogP contribution in [0.15, 0.2) is 320 Å². The minimum absolute atomic E-state index is 0.802. The van der Waals surface area contributed by atoms with E-state index in [0.717, 1.165) is 111 Å². The van der Waals surface area contributed by atoms with Gasteiger partial charge in [0.15, 0.2) is 5.58 Å². The molecule has 14 rings (SSSR count). The number of hydrogen-bond donors (Lipinski definition) is 0. The highest BCUT2D eigenvalue weighted by molar-refractivity contribution is 6.24. The summed E-state index contributed by atoms with van der Waals surface area (Å²) in [5, 5.41) is 9.24. The Morgan fingerprint density at radius 1 is 0.419 bits per heavy atom. The van der Waals surface area contributed by atoms with Crippen LogP contribution in [0.25, 0.3) is 87.6 Å². The largest absolute Gasteiger partial charge is 0.454 e. The summed E-state index contributed by atoms with van der Waals surface area (Å²) >= 11 is 0. The van der Waals surface area contributed by atoms with E-state index in [1.165, 1.54) is 43.8 Å². The van der Waals surface area contributed by atoms with Crippen molar-refractivity contribution in [1.82, 2.24) is 0 Å². The average molecular weight is 1110 g/mol. The highest BCUT2D eigenvalue weighted by atomic mass is 16.3. The minimum Gasteiger partial charge on any atom is -0.454 e. The molecule has 1 atom stereocenters. The first-order valence-electron chi connectivity index (χ1n) is 29.7. The molecule has 0 spiro atoms. The molecular weight excluding hydrogens is 1040 g/mol. The Morgan fingerprint density at radius 2 is 0.884 bits per heavy atom. The summed E-state index contributed by atoms with van der Waals surface area (Å²) in [5.41, 5.74) is 20.5. The highest BCUT2D eigenvalue weighted by Crippen LogP contribution is 2.64. The lowest BCUT2D eigenvalue weighted by molar-refractivity contribution is 0.668. The van der Waals surface area contributed by atoms with Crippen molar-refractivity contribution >= 4 is 88.4 Å². The van der Waals surface area contributed by atoms with Crippen LogP contribution >= 0.6 is 0 Å². The topological polar surface area (TPSA) is 19.6 Å². The first-order valence-corrected chi connectivity index (χ1v) is 29.7. The second kappa shape index (κ2) is 22.1. The first kappa shape index (κ1) is 53.3. The van der Waals surface area contributed by atoms with Crippen molar-refractivity contribution in [2.75, 3.05) is 9.80 Å². The molecule has 3 heteroatoms. The number of para-hydroxylation sites is 1. The van der Waals surface area contributed by atoms with Crippen LogP contribution in [0, 0.1) is 13.8 Å². The quantitative estimate of drug-likeness (QED) is 0.101. The summed E-state index contributed by atoms with van der Waals surface area (Å²) in [7, 11) is 0. The molecule has 1 aliphatic rings. The van der Waals surface area contributed by atoms with Gasteiger partial charge in [-0.15, -0.1) is 0 Å². The van der Waals surface area contributed by atoms with Gasteiger partial charge in [0.05, 0.1) is 16.8 Å². The zero-order chi connectivity index (χ0) is 58.5. The first-order chi connectivity index (χ1) is 42.3. The third-order valence-corrected chi connectivity index (χ3v) is 17.4. The van der Waals surface area contributed by atoms with Crippen LogP contribution in [0.3, 0.4) is 0 Å². The van der Waals surface area contributed by atoms with Crippen LogP contribution in [0.1, 0.15) is 36.1 Å². The van der Waals surface area contributed by atoms with E-state index >= 15 is 0 Å². The number of benzene rings is 12. The fourth-order valence-corrected chi connectivity index (χ4v) is 13.5. The van der Waals surface area contributed by atoms with E-state index in [4.69, 9.17) is 4.42 Å². The maximum Gasteiger partial charge on any atom is 0.160 e. The molecule has 86 heavy (non-hydrogen) atoms. The van der Waals surface area contributed by atoms with Gasteiger partial charge in [-0.25, -0.2) is 0 Å². The van der Waals surface area contributed by atoms with E-state index in [2.05, 4.69) is 330 Å². The van der Waals surface area contributed by atoms with E-state index in [1.54, 1.807) is 0 Å². The number of rotatable bonds is 14. The molecule has 13 aromatic rings. The zero-order valence-electron chi connectivity index (χ0n) is 48.9. The SMILES string of the molecule is C=C/C=C\C(=C/C)C1(C(/C=C\C)=C/C=C)c2cc(N(c3ccc(C)cc3)c3ccc(-c4ccc5ccccc5c4)cc3)c3ccccc3c2-c2c1cc(N(c1ccc(C)cc1)c1ccc(-c3ccc4ccccc4c3)cc1)c1oc3ccccc3c21. The molecule has 0 radical (unpaired) electrons. The fourth-order valence-electron chi connectivity index (χ4n) is 13.5. The number of fused-ring (bicyclic) bond motifs is 11. The lowest BCUT2D eigenvalue weighted by Crippen LogP contribution is -2.30. The van der Waals surface area contributed by atoms with Gasteiger partial charge in [0.25, 0.3) is 0 Å². The Labute approximate surface area is 504 Å². The summed E-state index contributed by atoms with van der Waals surface area (Å²) in [6, 6.07) is 89.1. The van der Waals surface area contributed by atoms with Gasteiger partial charge in [-0.05, 0) is 189 Å². The molecule has 0 bridgehead atoms. The fraction of sp³-hybridized carbons (Fsp3) is 0.0602. The van der Waals surface area contributed by atoms with Gasteiger partial charge in [0.2, 0.25) is 0 Å². The second-order valence-corrected chi connectivity index (χ2v) is 22.5. The molecule has 12 aromatic carbocycles. The van der Waals surface area contributed by atoms with Gasteiger partial charge < -0.3 is 14.2 Å². The van der Waals surface area contributed by atoms with Crippen molar-refractivity contribution < 1.29 is 4.42 Å². The molecule has 0 amide bonds. The molecule has 1 unspecified atom stereocenters. The van der Waals surface area contributed by atoms with Crippen molar-refractivity contribution in [3.05, 3.63) is 338 Å². The van der Waals surface area contributed by atoms with E-state index in [1.807, 2.05) is 12.2 Å². The van der Waals surface area contributed by atoms with Crippen LogP contribution in [0.2, 0.25) is 0 Å². The standard InChI is InChI=1S/C83H64N2O/c1-7-11-26-65(10-4)83(66(20-8-2)21-9-3)74-53-76(84(67-43-31-55(5)32-44-67)69-47-39-59(40-48-69)63-37-35-57-22-12-14-24-61(57)51-63)71-27-16-17-28-72(71)79(74)81-75(83)54-77(82-80(81)73-29-18-19-30-78(73)86-82)85(68-45-33-56(6)34-46-68)70-49-41-60(42-50-70)64-38-36-58-23-13-15-25-62(58)52-64/h7-54H,1-2H2,3-6H3/b21-9-,26-11-,65-10+,66-20+. The summed E-state index contributed by atoms with van der Waals surface area (Å²) in [6.07, 6.45) is 17.1. The summed E-state index contributed by atoms with van der Waals surface area (Å²) < 4.78 is 7.41. The third kappa shape index (κ3) is 8.90. The molecule has 1 aliphatic carbocycles. The van der Waals surface area contributed by atoms with Crippen LogP contribution in [-0.4, -0.2) is 0 Å². The third-order valence-electron chi connectivity index (χ3n) is 17.4. The normalized spacial score (nSPS) is 14.2. The van der Waals surface area contributed by atoms with E-state index in [0.29, 0.717) is 0 Å². The Kier molecular flexibility index (Phi) is 13.7. The average Bonchev–Trinajstić information content (AvgIpc) is 1.56. The van der Waals surface area contributed by atoms with Crippen LogP contribution < -0.4 is 9.80 Å². The number of furan rings is 1. The lowest BCUT2D eigenvalue weighted by atomic mass is 9.65. The van der Waals surface area contributed by atoms with Crippen LogP contribution in [-0.2, 0) is 5.41 Å². The molecule has 0 aliphatic heterocycles. The Hall–Kier alpha value is -10.7. The number of hydrogen-bond acceptors (Lipinski definition) is 3. The Morgan fingerprint density at radius 3 is 1.42 bits per heavy atom. The lowest BCUT2D eigenvalue weighted by Gasteiger charge is -2.37. The summed E-state index contributed by atoms with van der Waals surface area (Å²) in [4.78, 5) is 4.85. The molecule has 412 valence electrons. The van der Waals surface area contributed by atoms with Gasteiger partial charge in [-0.1, -0.05) is 237 Å². The van der Waals surface area contributed by atoms with Crippen molar-refractivity contribution in [3.8, 4) is 33.4 Å². The predicted molar refractivity (Wildman–Crippen MR) is 368 cm³/mol. The smallest absolute Gasteiger partial charge is 0.160 e. The number of allylic oxidation sites excluding steroid dienone is 10. The van der Waals surface area contributed by atoms with Gasteiger partial charge in [0, 0.05) is 38.9 Å². The van der Waals surface area contributed by atoms with E-state index in [-0.39, 0.29) is 0 Å². The van der Waals surface area contributed by atoms with Crippen molar-refractivity contribution in [2.45, 2.75) is 33.1 Å². The van der Waals surface area contributed by atoms with Crippen molar-refractivity contribution in [1.29, 1.82) is 0 Å². The monoisotopic (exact) mass is 1100 g/mol. The highest BCUT2D eigenvalue weighted by Gasteiger charge is 2.50. The zero-order valence-corrected chi connectivity index (χ0v) is 48.9. The summed E-state index contributed by atoms with van der Waals surface area (Å²) in [5.74, 6) is 0. The Balaban J connectivity index is 1.08. The van der Waals surface area contributed by atoms with Gasteiger partial charge in [0.1, 0.15) is 5.58 Å². The molecule has 1 heterocycles. The van der Waals surface area contributed by atoms with E-state index in [9.17, 15) is 0 Å². The molecule has 3 nitrogen and oxygen atoms in total. The molecule has 0 fully saturated rings. The van der Waals surface area contributed by atoms with Gasteiger partial charge in [-0.2, -0.15) is 0 Å². The number of anilines is 6. The molecule has 0 saturated carbocycles. The second-order valence-electron chi connectivity index (χ2n) is 22.5. The van der Waals surface area contributed by atoms with Crippen LogP contribution in [0.4, 0.5) is 34.1 Å². The van der Waals surface area contributed by atoms with E-state index < -0.39 is 5.41 Å². The number of aryl methyl sites for hydroxylation is 2. The van der Waals surface area contributed by atoms with Crippen LogP contribution in [0.5, 0.6) is 0 Å². The van der Waals surface area contributed by atoms with Gasteiger partial charge in [-0.3, -0.25) is 0 Å². The molecule has 0 saturated heterocycles. The minimum atomic E-state index is -0.947. The van der Waals surface area contributed by atoms with Gasteiger partial charge >= 0.3 is 0 Å². The van der Waals surface area contributed by atoms with Crippen molar-refractivity contribution in [3.63, 3.8) is 0 Å². The molecule has 1 aromatic heterocycles. The predicted octanol–water partition coefficient (Wildman–Crippen LogP) is 23.6. The maximum absolute atomic E-state index is 7.41. The number of nitrogens with zero attached hydrogens (tertiary/aromatic N) is 2. The maximum atomic E-state index is 7.41. The Bertz CT molecular complexity index is 4930.